The quantitative estimate of drug-likeness (QED) is 0.537. The van der Waals surface area contributed by atoms with E-state index in [4.69, 9.17) is 0 Å². The number of amides is 1. The molecule has 70 valence electrons. The zero-order valence-corrected chi connectivity index (χ0v) is 8.16. The lowest BCUT2D eigenvalue weighted by Gasteiger charge is -2.28. The Morgan fingerprint density at radius 3 is 2.50 bits per heavy atom. The maximum atomic E-state index is 10.4. The van der Waals surface area contributed by atoms with Crippen LogP contribution in [0.15, 0.2) is 0 Å². The first-order valence-corrected chi connectivity index (χ1v) is 4.74. The summed E-state index contributed by atoms with van der Waals surface area (Å²) in [6.45, 7) is 5.96. The molecule has 2 unspecified atom stereocenters. The molecule has 0 radical (unpaired) electrons. The van der Waals surface area contributed by atoms with Crippen molar-refractivity contribution in [1.29, 1.82) is 0 Å². The SMILES string of the molecule is CC.CN1CCN(C=O)C2CC21. The third-order valence-electron chi connectivity index (χ3n) is 2.56. The number of nitrogens with zero attached hydrogens (tertiary/aromatic N) is 2. The Bertz CT molecular complexity index is 161. The summed E-state index contributed by atoms with van der Waals surface area (Å²) in [6, 6.07) is 1.23. The van der Waals surface area contributed by atoms with E-state index in [1.807, 2.05) is 18.7 Å². The Hall–Kier alpha value is -0.570. The van der Waals surface area contributed by atoms with Gasteiger partial charge in [0.05, 0.1) is 0 Å². The van der Waals surface area contributed by atoms with Gasteiger partial charge in [-0.3, -0.25) is 9.69 Å². The molecule has 1 amide bonds. The summed E-state index contributed by atoms with van der Waals surface area (Å²) in [5, 5.41) is 0. The first-order chi connectivity index (χ1) is 5.83. The Kier molecular flexibility index (Phi) is 3.09. The van der Waals surface area contributed by atoms with Crippen LogP contribution < -0.4 is 0 Å². The fraction of sp³-hybridized carbons (Fsp3) is 0.889. The number of hydrogen-bond acceptors (Lipinski definition) is 2. The van der Waals surface area contributed by atoms with Gasteiger partial charge >= 0.3 is 0 Å². The zero-order valence-electron chi connectivity index (χ0n) is 8.16. The summed E-state index contributed by atoms with van der Waals surface area (Å²) in [5.41, 5.74) is 0. The van der Waals surface area contributed by atoms with Crippen molar-refractivity contribution in [2.75, 3.05) is 20.1 Å². The second-order valence-corrected chi connectivity index (χ2v) is 3.19. The summed E-state index contributed by atoms with van der Waals surface area (Å²) in [5.74, 6) is 0. The summed E-state index contributed by atoms with van der Waals surface area (Å²) >= 11 is 0. The number of piperazine rings is 1. The molecule has 0 aromatic rings. The standard InChI is InChI=1S/C7H12N2O.C2H6/c1-8-2-3-9(5-10)7-4-6(7)8;1-2/h5-7H,2-4H2,1H3;1-2H3. The fourth-order valence-corrected chi connectivity index (χ4v) is 1.73. The molecule has 0 aromatic heterocycles. The molecule has 0 N–H and O–H groups in total. The summed E-state index contributed by atoms with van der Waals surface area (Å²) in [4.78, 5) is 14.7. The van der Waals surface area contributed by atoms with Gasteiger partial charge in [0.25, 0.3) is 0 Å². The smallest absolute Gasteiger partial charge is 0.210 e. The van der Waals surface area contributed by atoms with Gasteiger partial charge in [0.15, 0.2) is 0 Å². The molecule has 1 heterocycles. The molecule has 1 aliphatic carbocycles. The van der Waals surface area contributed by atoms with Gasteiger partial charge in [-0.1, -0.05) is 13.8 Å². The molecule has 0 bridgehead atoms. The van der Waals surface area contributed by atoms with Gasteiger partial charge in [-0.2, -0.15) is 0 Å². The van der Waals surface area contributed by atoms with Crippen molar-refractivity contribution in [2.24, 2.45) is 0 Å². The van der Waals surface area contributed by atoms with Crippen LogP contribution in [0, 0.1) is 0 Å². The molecule has 2 aliphatic rings. The van der Waals surface area contributed by atoms with Crippen LogP contribution >= 0.6 is 0 Å². The first-order valence-electron chi connectivity index (χ1n) is 4.74. The lowest BCUT2D eigenvalue weighted by atomic mass is 10.4. The van der Waals surface area contributed by atoms with Crippen LogP contribution in [0.2, 0.25) is 0 Å². The predicted octanol–water partition coefficient (Wildman–Crippen LogP) is 0.557. The fourth-order valence-electron chi connectivity index (χ4n) is 1.73. The Morgan fingerprint density at radius 2 is 1.92 bits per heavy atom. The van der Waals surface area contributed by atoms with Crippen LogP contribution in [0.1, 0.15) is 20.3 Å². The summed E-state index contributed by atoms with van der Waals surface area (Å²) in [6.07, 6.45) is 2.17. The van der Waals surface area contributed by atoms with Crippen molar-refractivity contribution < 1.29 is 4.79 Å². The number of carbonyl (C=O) groups is 1. The number of fused-ring (bicyclic) bond motifs is 1. The highest BCUT2D eigenvalue weighted by atomic mass is 16.1. The molecule has 0 aromatic carbocycles. The highest BCUT2D eigenvalue weighted by molar-refractivity contribution is 5.49. The number of rotatable bonds is 1. The average Bonchev–Trinajstić information content (AvgIpc) is 2.89. The monoisotopic (exact) mass is 170 g/mol. The first kappa shape index (κ1) is 9.52. The molecule has 2 atom stereocenters. The molecule has 2 rings (SSSR count). The van der Waals surface area contributed by atoms with Gasteiger partial charge in [0.2, 0.25) is 6.41 Å². The van der Waals surface area contributed by atoms with Crippen molar-refractivity contribution >= 4 is 6.41 Å². The number of carbonyl (C=O) groups excluding carboxylic acids is 1. The molecule has 1 aliphatic heterocycles. The Balaban J connectivity index is 0.000000336. The average molecular weight is 170 g/mol. The van der Waals surface area contributed by atoms with Crippen molar-refractivity contribution in [3.05, 3.63) is 0 Å². The van der Waals surface area contributed by atoms with Crippen molar-refractivity contribution in [1.82, 2.24) is 9.80 Å². The van der Waals surface area contributed by atoms with E-state index in [0.717, 1.165) is 19.5 Å². The maximum Gasteiger partial charge on any atom is 0.210 e. The third kappa shape index (κ3) is 1.61. The van der Waals surface area contributed by atoms with E-state index in [1.54, 1.807) is 0 Å². The number of likely N-dealkylation sites (N-methyl/N-ethyl adjacent to an activating group) is 1. The minimum absolute atomic E-state index is 0.552. The van der Waals surface area contributed by atoms with Crippen molar-refractivity contribution in [3.8, 4) is 0 Å². The lowest BCUT2D eigenvalue weighted by Crippen LogP contribution is -2.43. The van der Waals surface area contributed by atoms with Crippen LogP contribution in [0.4, 0.5) is 0 Å². The molecule has 1 saturated carbocycles. The number of hydrogen-bond donors (Lipinski definition) is 0. The minimum Gasteiger partial charge on any atom is -0.339 e. The molecule has 1 saturated heterocycles. The van der Waals surface area contributed by atoms with E-state index in [9.17, 15) is 4.79 Å². The molecule has 0 spiro atoms. The summed E-state index contributed by atoms with van der Waals surface area (Å²) < 4.78 is 0. The van der Waals surface area contributed by atoms with Crippen molar-refractivity contribution in [3.63, 3.8) is 0 Å². The van der Waals surface area contributed by atoms with Gasteiger partial charge in [-0.05, 0) is 13.5 Å². The van der Waals surface area contributed by atoms with E-state index in [2.05, 4.69) is 11.9 Å². The van der Waals surface area contributed by atoms with E-state index in [-0.39, 0.29) is 0 Å². The molecular weight excluding hydrogens is 152 g/mol. The predicted molar refractivity (Wildman–Crippen MR) is 48.9 cm³/mol. The minimum atomic E-state index is 0.552. The summed E-state index contributed by atoms with van der Waals surface area (Å²) in [7, 11) is 2.13. The van der Waals surface area contributed by atoms with Crippen LogP contribution in [-0.2, 0) is 4.79 Å². The van der Waals surface area contributed by atoms with Gasteiger partial charge in [-0.15, -0.1) is 0 Å². The third-order valence-corrected chi connectivity index (χ3v) is 2.56. The molecule has 2 fully saturated rings. The Labute approximate surface area is 74.3 Å². The van der Waals surface area contributed by atoms with Gasteiger partial charge < -0.3 is 4.90 Å². The lowest BCUT2D eigenvalue weighted by molar-refractivity contribution is -0.120. The molecular formula is C9H18N2O. The van der Waals surface area contributed by atoms with Gasteiger partial charge in [0, 0.05) is 25.2 Å². The topological polar surface area (TPSA) is 23.6 Å². The largest absolute Gasteiger partial charge is 0.339 e. The normalized spacial score (nSPS) is 33.1. The second-order valence-electron chi connectivity index (χ2n) is 3.19. The van der Waals surface area contributed by atoms with E-state index in [1.165, 1.54) is 6.42 Å². The van der Waals surface area contributed by atoms with Gasteiger partial charge in [0.1, 0.15) is 0 Å². The molecule has 12 heavy (non-hydrogen) atoms. The van der Waals surface area contributed by atoms with E-state index < -0.39 is 0 Å². The van der Waals surface area contributed by atoms with Crippen LogP contribution in [0.3, 0.4) is 0 Å². The van der Waals surface area contributed by atoms with E-state index >= 15 is 0 Å². The second kappa shape index (κ2) is 3.90. The van der Waals surface area contributed by atoms with Crippen LogP contribution in [-0.4, -0.2) is 48.4 Å². The van der Waals surface area contributed by atoms with Crippen LogP contribution in [0.25, 0.3) is 0 Å². The Morgan fingerprint density at radius 1 is 1.25 bits per heavy atom. The molecule has 3 heteroatoms. The van der Waals surface area contributed by atoms with Gasteiger partial charge in [-0.25, -0.2) is 0 Å². The maximum absolute atomic E-state index is 10.4. The highest BCUT2D eigenvalue weighted by Crippen LogP contribution is 2.34. The van der Waals surface area contributed by atoms with E-state index in [0.29, 0.717) is 12.1 Å². The van der Waals surface area contributed by atoms with Crippen LogP contribution in [0.5, 0.6) is 0 Å². The highest BCUT2D eigenvalue weighted by Gasteiger charge is 2.46. The van der Waals surface area contributed by atoms with Crippen molar-refractivity contribution in [2.45, 2.75) is 32.4 Å². The molecule has 3 nitrogen and oxygen atoms in total. The zero-order chi connectivity index (χ0) is 9.14.